The van der Waals surface area contributed by atoms with Gasteiger partial charge in [-0.05, 0) is 31.3 Å². The van der Waals surface area contributed by atoms with E-state index in [1.54, 1.807) is 11.8 Å². The number of amides is 1. The standard InChI is InChI=1S/C16H31N3OS2/c1-21-10-5-14(17)15(20)18-13-16(6-3-2-4-7-16)19-8-11-22-12-9-19/h14H,2-13,17H2,1H3,(H,18,20)/t14-/m0/s1. The van der Waals surface area contributed by atoms with Crippen molar-refractivity contribution in [2.75, 3.05) is 43.1 Å². The Labute approximate surface area is 143 Å². The van der Waals surface area contributed by atoms with Gasteiger partial charge in [0.15, 0.2) is 0 Å². The van der Waals surface area contributed by atoms with Gasteiger partial charge in [0.25, 0.3) is 0 Å². The third-order valence-electron chi connectivity index (χ3n) is 5.03. The molecule has 1 saturated carbocycles. The fourth-order valence-corrected chi connectivity index (χ4v) is 5.00. The number of carbonyl (C=O) groups is 1. The SMILES string of the molecule is CSCC[C@H](N)C(=O)NCC1(N2CCSCC2)CCCCC1. The summed E-state index contributed by atoms with van der Waals surface area (Å²) in [5.41, 5.74) is 6.19. The maximum absolute atomic E-state index is 12.2. The van der Waals surface area contributed by atoms with Gasteiger partial charge in [0, 0.05) is 36.7 Å². The molecule has 0 bridgehead atoms. The van der Waals surface area contributed by atoms with E-state index in [9.17, 15) is 4.79 Å². The van der Waals surface area contributed by atoms with E-state index in [0.29, 0.717) is 0 Å². The quantitative estimate of drug-likeness (QED) is 0.738. The molecule has 2 rings (SSSR count). The highest BCUT2D eigenvalue weighted by molar-refractivity contribution is 7.99. The van der Waals surface area contributed by atoms with Crippen LogP contribution in [0.3, 0.4) is 0 Å². The average Bonchev–Trinajstić information content (AvgIpc) is 2.59. The summed E-state index contributed by atoms with van der Waals surface area (Å²) in [6, 6.07) is -0.356. The third-order valence-corrected chi connectivity index (χ3v) is 6.61. The predicted molar refractivity (Wildman–Crippen MR) is 98.7 cm³/mol. The Morgan fingerprint density at radius 1 is 1.32 bits per heavy atom. The van der Waals surface area contributed by atoms with Crippen LogP contribution in [0, 0.1) is 0 Å². The van der Waals surface area contributed by atoms with Crippen LogP contribution in [0.5, 0.6) is 0 Å². The molecule has 2 fully saturated rings. The molecule has 4 nitrogen and oxygen atoms in total. The summed E-state index contributed by atoms with van der Waals surface area (Å²) in [4.78, 5) is 14.9. The predicted octanol–water partition coefficient (Wildman–Crippen LogP) is 1.93. The lowest BCUT2D eigenvalue weighted by atomic mass is 9.80. The summed E-state index contributed by atoms with van der Waals surface area (Å²) in [5.74, 6) is 3.43. The second-order valence-corrected chi connectivity index (χ2v) is 8.70. The summed E-state index contributed by atoms with van der Waals surface area (Å²) < 4.78 is 0. The van der Waals surface area contributed by atoms with Gasteiger partial charge in [-0.3, -0.25) is 9.69 Å². The van der Waals surface area contributed by atoms with E-state index in [2.05, 4.69) is 16.5 Å². The van der Waals surface area contributed by atoms with Crippen LogP contribution in [0.25, 0.3) is 0 Å². The number of hydrogen-bond donors (Lipinski definition) is 2. The monoisotopic (exact) mass is 345 g/mol. The Bertz CT molecular complexity index is 342. The van der Waals surface area contributed by atoms with E-state index >= 15 is 0 Å². The number of thioether (sulfide) groups is 2. The zero-order chi connectivity index (χ0) is 15.8. The van der Waals surface area contributed by atoms with Gasteiger partial charge in [0.2, 0.25) is 5.91 Å². The molecular formula is C16H31N3OS2. The van der Waals surface area contributed by atoms with Crippen LogP contribution >= 0.6 is 23.5 Å². The van der Waals surface area contributed by atoms with Crippen LogP contribution in [0.1, 0.15) is 38.5 Å². The van der Waals surface area contributed by atoms with Gasteiger partial charge < -0.3 is 11.1 Å². The fraction of sp³-hybridized carbons (Fsp3) is 0.938. The molecule has 1 amide bonds. The molecule has 1 heterocycles. The van der Waals surface area contributed by atoms with E-state index in [1.807, 2.05) is 11.8 Å². The molecule has 0 spiro atoms. The van der Waals surface area contributed by atoms with Crippen molar-refractivity contribution in [2.24, 2.45) is 5.73 Å². The Morgan fingerprint density at radius 2 is 2.00 bits per heavy atom. The van der Waals surface area contributed by atoms with Crippen LogP contribution in [0.15, 0.2) is 0 Å². The Morgan fingerprint density at radius 3 is 2.64 bits per heavy atom. The van der Waals surface area contributed by atoms with Crippen molar-refractivity contribution in [3.8, 4) is 0 Å². The smallest absolute Gasteiger partial charge is 0.237 e. The van der Waals surface area contributed by atoms with Crippen LogP contribution in [0.2, 0.25) is 0 Å². The molecule has 22 heavy (non-hydrogen) atoms. The van der Waals surface area contributed by atoms with Crippen molar-refractivity contribution in [3.05, 3.63) is 0 Å². The number of nitrogens with two attached hydrogens (primary N) is 1. The van der Waals surface area contributed by atoms with Crippen LogP contribution in [0.4, 0.5) is 0 Å². The van der Waals surface area contributed by atoms with Gasteiger partial charge in [-0.25, -0.2) is 0 Å². The summed E-state index contributed by atoms with van der Waals surface area (Å²) in [5, 5.41) is 3.18. The van der Waals surface area contributed by atoms with Gasteiger partial charge in [0.05, 0.1) is 6.04 Å². The number of nitrogens with zero attached hydrogens (tertiary/aromatic N) is 1. The third kappa shape index (κ3) is 5.05. The molecule has 1 aliphatic carbocycles. The molecule has 0 aromatic heterocycles. The number of rotatable bonds is 7. The lowest BCUT2D eigenvalue weighted by molar-refractivity contribution is -0.123. The highest BCUT2D eigenvalue weighted by atomic mass is 32.2. The van der Waals surface area contributed by atoms with E-state index in [0.717, 1.165) is 18.7 Å². The van der Waals surface area contributed by atoms with Crippen LogP contribution in [-0.2, 0) is 4.79 Å². The maximum atomic E-state index is 12.2. The van der Waals surface area contributed by atoms with Crippen molar-refractivity contribution in [3.63, 3.8) is 0 Å². The first-order valence-corrected chi connectivity index (χ1v) is 11.1. The van der Waals surface area contributed by atoms with Crippen molar-refractivity contribution in [1.29, 1.82) is 0 Å². The molecule has 128 valence electrons. The second kappa shape index (κ2) is 9.40. The van der Waals surface area contributed by atoms with Crippen molar-refractivity contribution < 1.29 is 4.79 Å². The molecule has 0 radical (unpaired) electrons. The Hall–Kier alpha value is 0.0900. The number of carbonyl (C=O) groups excluding carboxylic acids is 1. The molecule has 0 aromatic rings. The first-order chi connectivity index (χ1) is 10.7. The van der Waals surface area contributed by atoms with Crippen LogP contribution < -0.4 is 11.1 Å². The van der Waals surface area contributed by atoms with Crippen molar-refractivity contribution in [1.82, 2.24) is 10.2 Å². The summed E-state index contributed by atoms with van der Waals surface area (Å²) in [6.45, 7) is 3.11. The Balaban J connectivity index is 1.90. The zero-order valence-corrected chi connectivity index (χ0v) is 15.4. The van der Waals surface area contributed by atoms with E-state index in [-0.39, 0.29) is 17.5 Å². The molecule has 1 aliphatic heterocycles. The minimum Gasteiger partial charge on any atom is -0.353 e. The average molecular weight is 346 g/mol. The van der Waals surface area contributed by atoms with Gasteiger partial charge in [-0.1, -0.05) is 19.3 Å². The molecule has 0 aromatic carbocycles. The van der Waals surface area contributed by atoms with Crippen LogP contribution in [-0.4, -0.2) is 65.5 Å². The molecule has 2 aliphatic rings. The number of nitrogens with one attached hydrogen (secondary N) is 1. The first kappa shape index (κ1) is 18.4. The normalized spacial score (nSPS) is 23.9. The van der Waals surface area contributed by atoms with Gasteiger partial charge in [0.1, 0.15) is 0 Å². The Kier molecular flexibility index (Phi) is 7.88. The maximum Gasteiger partial charge on any atom is 0.237 e. The fourth-order valence-electron chi connectivity index (χ4n) is 3.61. The summed E-state index contributed by atoms with van der Waals surface area (Å²) in [7, 11) is 0. The molecule has 0 unspecified atom stereocenters. The van der Waals surface area contributed by atoms with Gasteiger partial charge in [-0.2, -0.15) is 23.5 Å². The minimum atomic E-state index is -0.356. The zero-order valence-electron chi connectivity index (χ0n) is 13.8. The lowest BCUT2D eigenvalue weighted by Crippen LogP contribution is -2.60. The van der Waals surface area contributed by atoms with Gasteiger partial charge >= 0.3 is 0 Å². The largest absolute Gasteiger partial charge is 0.353 e. The molecule has 3 N–H and O–H groups in total. The van der Waals surface area contributed by atoms with E-state index in [4.69, 9.17) is 5.73 Å². The molecule has 6 heteroatoms. The molecule has 1 atom stereocenters. The first-order valence-electron chi connectivity index (χ1n) is 8.53. The van der Waals surface area contributed by atoms with Gasteiger partial charge in [-0.15, -0.1) is 0 Å². The van der Waals surface area contributed by atoms with Crippen molar-refractivity contribution >= 4 is 29.4 Å². The molecule has 1 saturated heterocycles. The minimum absolute atomic E-state index is 0.0328. The summed E-state index contributed by atoms with van der Waals surface area (Å²) in [6.07, 6.45) is 9.17. The van der Waals surface area contributed by atoms with E-state index in [1.165, 1.54) is 56.7 Å². The lowest BCUT2D eigenvalue weighted by Gasteiger charge is -2.48. The second-order valence-electron chi connectivity index (χ2n) is 6.49. The highest BCUT2D eigenvalue weighted by Crippen LogP contribution is 2.34. The highest BCUT2D eigenvalue weighted by Gasteiger charge is 2.38. The van der Waals surface area contributed by atoms with E-state index < -0.39 is 0 Å². The topological polar surface area (TPSA) is 58.4 Å². The molecular weight excluding hydrogens is 314 g/mol. The summed E-state index contributed by atoms with van der Waals surface area (Å²) >= 11 is 3.79. The number of hydrogen-bond acceptors (Lipinski definition) is 5. The van der Waals surface area contributed by atoms with Crippen molar-refractivity contribution in [2.45, 2.75) is 50.1 Å².